The van der Waals surface area contributed by atoms with Gasteiger partial charge in [0.15, 0.2) is 0 Å². The molecule has 0 spiro atoms. The minimum atomic E-state index is -0.149. The van der Waals surface area contributed by atoms with Crippen molar-refractivity contribution in [3.8, 4) is 33.4 Å². The Morgan fingerprint density at radius 1 is 0.447 bits per heavy atom. The average Bonchev–Trinajstić information content (AvgIpc) is 3.61. The molecule has 1 aromatic heterocycles. The van der Waals surface area contributed by atoms with Crippen LogP contribution < -0.4 is 4.90 Å². The van der Waals surface area contributed by atoms with Gasteiger partial charge in [-0.15, -0.1) is 11.3 Å². The van der Waals surface area contributed by atoms with Crippen LogP contribution in [0, 0.1) is 0 Å². The van der Waals surface area contributed by atoms with Crippen molar-refractivity contribution in [2.24, 2.45) is 0 Å². The molecule has 0 N–H and O–H groups in total. The Labute approximate surface area is 280 Å². The molecule has 47 heavy (non-hydrogen) atoms. The molecule has 0 amide bonds. The second-order valence-electron chi connectivity index (χ2n) is 13.0. The van der Waals surface area contributed by atoms with Gasteiger partial charge in [0.05, 0.1) is 0 Å². The quantitative estimate of drug-likeness (QED) is 0.185. The summed E-state index contributed by atoms with van der Waals surface area (Å²) in [6, 6.07) is 59.8. The van der Waals surface area contributed by atoms with Crippen molar-refractivity contribution in [1.29, 1.82) is 0 Å². The van der Waals surface area contributed by atoms with Gasteiger partial charge in [-0.25, -0.2) is 0 Å². The number of rotatable bonds is 5. The van der Waals surface area contributed by atoms with E-state index in [2.05, 4.69) is 183 Å². The Morgan fingerprint density at radius 3 is 1.57 bits per heavy atom. The third kappa shape index (κ3) is 4.52. The van der Waals surface area contributed by atoms with Crippen molar-refractivity contribution in [3.05, 3.63) is 175 Å². The van der Waals surface area contributed by atoms with Gasteiger partial charge in [-0.2, -0.15) is 0 Å². The van der Waals surface area contributed by atoms with Crippen molar-refractivity contribution >= 4 is 48.6 Å². The van der Waals surface area contributed by atoms with Crippen molar-refractivity contribution < 1.29 is 0 Å². The number of anilines is 3. The number of hydrogen-bond acceptors (Lipinski definition) is 2. The molecule has 0 fully saturated rings. The van der Waals surface area contributed by atoms with E-state index in [0.29, 0.717) is 0 Å². The Hall–Kier alpha value is -5.44. The first-order valence-corrected chi connectivity index (χ1v) is 17.1. The summed E-state index contributed by atoms with van der Waals surface area (Å²) >= 11 is 1.90. The summed E-state index contributed by atoms with van der Waals surface area (Å²) in [7, 11) is 0. The van der Waals surface area contributed by atoms with E-state index in [1.807, 2.05) is 11.3 Å². The third-order valence-electron chi connectivity index (χ3n) is 9.86. The topological polar surface area (TPSA) is 3.24 Å². The van der Waals surface area contributed by atoms with E-state index in [1.54, 1.807) is 0 Å². The van der Waals surface area contributed by atoms with E-state index in [4.69, 9.17) is 0 Å². The van der Waals surface area contributed by atoms with E-state index < -0.39 is 0 Å². The zero-order chi connectivity index (χ0) is 31.5. The highest BCUT2D eigenvalue weighted by atomic mass is 32.1. The lowest BCUT2D eigenvalue weighted by atomic mass is 9.80. The van der Waals surface area contributed by atoms with E-state index in [1.165, 1.54) is 64.7 Å². The second kappa shape index (κ2) is 10.8. The fourth-order valence-corrected chi connectivity index (χ4v) is 8.68. The molecule has 0 unspecified atom stereocenters. The summed E-state index contributed by atoms with van der Waals surface area (Å²) in [5, 5.41) is 2.78. The van der Waals surface area contributed by atoms with E-state index in [-0.39, 0.29) is 5.41 Å². The first-order valence-electron chi connectivity index (χ1n) is 16.3. The highest BCUT2D eigenvalue weighted by Gasteiger charge is 2.38. The fraction of sp³-hybridized carbons (Fsp3) is 0.0667. The molecule has 1 nitrogen and oxygen atoms in total. The van der Waals surface area contributed by atoms with E-state index in [0.717, 1.165) is 17.1 Å². The highest BCUT2D eigenvalue weighted by molar-refractivity contribution is 7.25. The number of nitrogens with zero attached hydrogens (tertiary/aromatic N) is 1. The summed E-state index contributed by atoms with van der Waals surface area (Å²) in [6.07, 6.45) is 0. The van der Waals surface area contributed by atoms with Gasteiger partial charge in [0, 0.05) is 42.6 Å². The molecular formula is C45H33NS. The molecule has 0 aliphatic heterocycles. The van der Waals surface area contributed by atoms with Crippen molar-refractivity contribution in [2.45, 2.75) is 19.3 Å². The van der Waals surface area contributed by atoms with Gasteiger partial charge >= 0.3 is 0 Å². The Bertz CT molecular complexity index is 2320. The zero-order valence-corrected chi connectivity index (χ0v) is 27.3. The van der Waals surface area contributed by atoms with Gasteiger partial charge in [0.1, 0.15) is 0 Å². The van der Waals surface area contributed by atoms with Crippen LogP contribution in [0.4, 0.5) is 17.1 Å². The number of hydrogen-bond donors (Lipinski definition) is 0. The molecule has 0 atom stereocenters. The molecule has 9 rings (SSSR count). The number of thiophene rings is 1. The second-order valence-corrected chi connectivity index (χ2v) is 14.1. The first-order chi connectivity index (χ1) is 23.1. The van der Waals surface area contributed by atoms with Gasteiger partial charge in [-0.1, -0.05) is 129 Å². The monoisotopic (exact) mass is 619 g/mol. The zero-order valence-electron chi connectivity index (χ0n) is 26.4. The lowest BCUT2D eigenvalue weighted by molar-refractivity contribution is 0.667. The van der Waals surface area contributed by atoms with Gasteiger partial charge in [-0.05, 0) is 93.0 Å². The Kier molecular flexibility index (Phi) is 6.41. The normalized spacial score (nSPS) is 13.1. The first kappa shape index (κ1) is 27.8. The molecule has 7 aromatic carbocycles. The molecule has 224 valence electrons. The molecule has 2 heteroatoms. The fourth-order valence-electron chi connectivity index (χ4n) is 7.56. The van der Waals surface area contributed by atoms with Gasteiger partial charge in [0.2, 0.25) is 0 Å². The number of fused-ring (bicyclic) bond motifs is 7. The highest BCUT2D eigenvalue weighted by Crippen LogP contribution is 2.55. The molecule has 0 saturated carbocycles. The summed E-state index contributed by atoms with van der Waals surface area (Å²) in [6.45, 7) is 4.81. The van der Waals surface area contributed by atoms with Crippen LogP contribution in [0.3, 0.4) is 0 Å². The SMILES string of the molecule is CC1(C)c2cc(N(c3ccc(-c4ccccc4)cc3)c3ccc(-c4ccccc4)cc3)ccc2-c2ccc3sc4ccccc4c3c21. The predicted octanol–water partition coefficient (Wildman–Crippen LogP) is 13.2. The minimum Gasteiger partial charge on any atom is -0.310 e. The summed E-state index contributed by atoms with van der Waals surface area (Å²) in [4.78, 5) is 2.40. The third-order valence-corrected chi connectivity index (χ3v) is 11.0. The Balaban J connectivity index is 1.19. The van der Waals surface area contributed by atoms with Crippen LogP contribution >= 0.6 is 11.3 Å². The van der Waals surface area contributed by atoms with Crippen LogP contribution in [0.2, 0.25) is 0 Å². The summed E-state index contributed by atoms with van der Waals surface area (Å²) in [5.41, 5.74) is 13.7. The molecule has 0 saturated heterocycles. The van der Waals surface area contributed by atoms with Crippen LogP contribution in [0.15, 0.2) is 164 Å². The van der Waals surface area contributed by atoms with Crippen LogP contribution in [0.25, 0.3) is 53.6 Å². The minimum absolute atomic E-state index is 0.149. The lowest BCUT2D eigenvalue weighted by Crippen LogP contribution is -2.17. The summed E-state index contributed by atoms with van der Waals surface area (Å²) in [5.74, 6) is 0. The van der Waals surface area contributed by atoms with Crippen LogP contribution in [0.1, 0.15) is 25.0 Å². The summed E-state index contributed by atoms with van der Waals surface area (Å²) < 4.78 is 2.72. The molecule has 0 radical (unpaired) electrons. The molecule has 1 aliphatic rings. The standard InChI is InChI=1S/C45H33NS/c1-45(2)40-29-36(25-26-37(40)38-27-28-42-43(44(38)45)39-15-9-10-16-41(39)47-42)46(34-21-17-32(18-22-34)30-11-5-3-6-12-30)35-23-19-33(20-24-35)31-13-7-4-8-14-31/h3-29H,1-2H3. The molecule has 1 heterocycles. The number of benzene rings is 7. The van der Waals surface area contributed by atoms with Crippen molar-refractivity contribution in [1.82, 2.24) is 0 Å². The van der Waals surface area contributed by atoms with E-state index >= 15 is 0 Å². The van der Waals surface area contributed by atoms with Gasteiger partial charge in [0.25, 0.3) is 0 Å². The van der Waals surface area contributed by atoms with Crippen LogP contribution in [0.5, 0.6) is 0 Å². The molecular weight excluding hydrogens is 587 g/mol. The smallest absolute Gasteiger partial charge is 0.0465 e. The molecule has 8 aromatic rings. The average molecular weight is 620 g/mol. The van der Waals surface area contributed by atoms with Crippen molar-refractivity contribution in [3.63, 3.8) is 0 Å². The van der Waals surface area contributed by atoms with Crippen molar-refractivity contribution in [2.75, 3.05) is 4.90 Å². The van der Waals surface area contributed by atoms with Gasteiger partial charge < -0.3 is 4.90 Å². The molecule has 0 bridgehead atoms. The largest absolute Gasteiger partial charge is 0.310 e. The van der Waals surface area contributed by atoms with Crippen LogP contribution in [-0.2, 0) is 5.41 Å². The lowest BCUT2D eigenvalue weighted by Gasteiger charge is -2.28. The molecule has 1 aliphatic carbocycles. The van der Waals surface area contributed by atoms with Crippen LogP contribution in [-0.4, -0.2) is 0 Å². The van der Waals surface area contributed by atoms with Gasteiger partial charge in [-0.3, -0.25) is 0 Å². The van der Waals surface area contributed by atoms with E-state index in [9.17, 15) is 0 Å². The Morgan fingerprint density at radius 2 is 0.957 bits per heavy atom. The maximum atomic E-state index is 2.44. The predicted molar refractivity (Wildman–Crippen MR) is 202 cm³/mol. The maximum absolute atomic E-state index is 2.44. The maximum Gasteiger partial charge on any atom is 0.0465 e.